The van der Waals surface area contributed by atoms with Gasteiger partial charge in [0.15, 0.2) is 0 Å². The molecular formula is C11H18N2O3. The molecule has 1 aliphatic heterocycles. The fourth-order valence-corrected chi connectivity index (χ4v) is 1.42. The zero-order chi connectivity index (χ0) is 12.0. The monoisotopic (exact) mass is 226 g/mol. The van der Waals surface area contributed by atoms with E-state index in [0.29, 0.717) is 24.7 Å². The topological polar surface area (TPSA) is 53.3 Å². The van der Waals surface area contributed by atoms with E-state index < -0.39 is 0 Å². The molecule has 2 rings (SSSR count). The Hall–Kier alpha value is -1.52. The van der Waals surface area contributed by atoms with Crippen LogP contribution in [0.1, 0.15) is 37.6 Å². The normalized spacial score (nSPS) is 12.9. The van der Waals surface area contributed by atoms with Crippen molar-refractivity contribution in [2.24, 2.45) is 0 Å². The Morgan fingerprint density at radius 3 is 3.06 bits per heavy atom. The summed E-state index contributed by atoms with van der Waals surface area (Å²) < 4.78 is 11.9. The predicted octanol–water partition coefficient (Wildman–Crippen LogP) is 1.87. The zero-order valence-corrected chi connectivity index (χ0v) is 10.0. The van der Waals surface area contributed by atoms with E-state index >= 15 is 0 Å². The fraction of sp³-hybridized carbons (Fsp3) is 0.636. The summed E-state index contributed by atoms with van der Waals surface area (Å²) in [6.07, 6.45) is 2.43. The predicted molar refractivity (Wildman–Crippen MR) is 59.6 cm³/mol. The first-order valence-electron chi connectivity index (χ1n) is 5.68. The van der Waals surface area contributed by atoms with Crippen molar-refractivity contribution in [1.82, 2.24) is 9.78 Å². The van der Waals surface area contributed by atoms with Crippen LogP contribution in [0.25, 0.3) is 0 Å². The Morgan fingerprint density at radius 1 is 1.62 bits per heavy atom. The largest absolute Gasteiger partial charge is 0.477 e. The molecule has 1 aliphatic rings. The van der Waals surface area contributed by atoms with Crippen molar-refractivity contribution in [1.29, 1.82) is 0 Å². The van der Waals surface area contributed by atoms with E-state index in [9.17, 15) is 4.79 Å². The van der Waals surface area contributed by atoms with Crippen molar-refractivity contribution in [3.63, 3.8) is 0 Å². The average molecular weight is 226 g/mol. The van der Waals surface area contributed by atoms with Crippen LogP contribution in [0.2, 0.25) is 0 Å². The van der Waals surface area contributed by atoms with E-state index in [2.05, 4.69) is 5.10 Å². The lowest BCUT2D eigenvalue weighted by atomic mass is 10.3. The van der Waals surface area contributed by atoms with Crippen molar-refractivity contribution < 1.29 is 14.3 Å². The number of hydrogen-bond donors (Lipinski definition) is 0. The molecule has 0 aliphatic carbocycles. The summed E-state index contributed by atoms with van der Waals surface area (Å²) in [5.41, 5.74) is 0.423. The molecule has 90 valence electrons. The SMILES string of the molecule is CC.CCOC(=O)c1cnn2c1OCCC2. The number of esters is 1. The van der Waals surface area contributed by atoms with Gasteiger partial charge < -0.3 is 9.47 Å². The summed E-state index contributed by atoms with van der Waals surface area (Å²) in [5.74, 6) is 0.172. The highest BCUT2D eigenvalue weighted by Gasteiger charge is 2.22. The maximum absolute atomic E-state index is 11.4. The average Bonchev–Trinajstić information content (AvgIpc) is 2.76. The van der Waals surface area contributed by atoms with Gasteiger partial charge in [-0.1, -0.05) is 13.8 Å². The van der Waals surface area contributed by atoms with Gasteiger partial charge >= 0.3 is 5.97 Å². The summed E-state index contributed by atoms with van der Waals surface area (Å²) in [5, 5.41) is 4.05. The smallest absolute Gasteiger partial charge is 0.345 e. The quantitative estimate of drug-likeness (QED) is 0.722. The second-order valence-corrected chi connectivity index (χ2v) is 3.01. The number of carbonyl (C=O) groups excluding carboxylic acids is 1. The third kappa shape index (κ3) is 2.53. The Bertz CT molecular complexity index is 347. The van der Waals surface area contributed by atoms with Crippen LogP contribution >= 0.6 is 0 Å². The molecule has 5 heteroatoms. The van der Waals surface area contributed by atoms with Gasteiger partial charge in [-0.3, -0.25) is 0 Å². The minimum absolute atomic E-state index is 0.365. The highest BCUT2D eigenvalue weighted by Crippen LogP contribution is 2.22. The van der Waals surface area contributed by atoms with Gasteiger partial charge in [-0.15, -0.1) is 0 Å². The third-order valence-corrected chi connectivity index (χ3v) is 2.04. The van der Waals surface area contributed by atoms with Gasteiger partial charge in [0.05, 0.1) is 19.4 Å². The van der Waals surface area contributed by atoms with Gasteiger partial charge in [0.1, 0.15) is 5.56 Å². The number of carbonyl (C=O) groups is 1. The van der Waals surface area contributed by atoms with Crippen LogP contribution in [0, 0.1) is 0 Å². The Morgan fingerprint density at radius 2 is 2.38 bits per heavy atom. The van der Waals surface area contributed by atoms with E-state index in [4.69, 9.17) is 9.47 Å². The molecule has 0 spiro atoms. The number of aromatic nitrogens is 2. The molecule has 5 nitrogen and oxygen atoms in total. The van der Waals surface area contributed by atoms with Gasteiger partial charge in [0.2, 0.25) is 5.88 Å². The van der Waals surface area contributed by atoms with Crippen LogP contribution in [-0.2, 0) is 11.3 Å². The number of nitrogens with zero attached hydrogens (tertiary/aromatic N) is 2. The van der Waals surface area contributed by atoms with Crippen LogP contribution < -0.4 is 4.74 Å². The second-order valence-electron chi connectivity index (χ2n) is 3.01. The first kappa shape index (κ1) is 12.5. The van der Waals surface area contributed by atoms with Crippen molar-refractivity contribution >= 4 is 5.97 Å². The van der Waals surface area contributed by atoms with Crippen LogP contribution in [-0.4, -0.2) is 29.0 Å². The lowest BCUT2D eigenvalue weighted by molar-refractivity contribution is 0.0519. The van der Waals surface area contributed by atoms with Crippen molar-refractivity contribution in [3.8, 4) is 5.88 Å². The molecule has 1 aromatic rings. The Labute approximate surface area is 95.3 Å². The summed E-state index contributed by atoms with van der Waals surface area (Å²) in [7, 11) is 0. The number of ether oxygens (including phenoxy) is 2. The van der Waals surface area contributed by atoms with Gasteiger partial charge in [0.25, 0.3) is 0 Å². The molecule has 0 saturated carbocycles. The van der Waals surface area contributed by atoms with E-state index in [1.165, 1.54) is 6.20 Å². The minimum atomic E-state index is -0.365. The first-order valence-corrected chi connectivity index (χ1v) is 5.68. The zero-order valence-electron chi connectivity index (χ0n) is 10.0. The van der Waals surface area contributed by atoms with Gasteiger partial charge in [-0.25, -0.2) is 9.48 Å². The third-order valence-electron chi connectivity index (χ3n) is 2.04. The Kier molecular flexibility index (Phi) is 4.82. The van der Waals surface area contributed by atoms with Crippen LogP contribution in [0.5, 0.6) is 5.88 Å². The standard InChI is InChI=1S/C9H12N2O3.C2H6/c1-2-13-9(12)7-6-10-11-4-3-5-14-8(7)11;1-2/h6H,2-5H2,1H3;1-2H3. The maximum atomic E-state index is 11.4. The Balaban J connectivity index is 0.000000606. The molecule has 0 radical (unpaired) electrons. The number of aryl methyl sites for hydroxylation is 1. The molecule has 2 heterocycles. The molecule has 0 saturated heterocycles. The molecule has 0 aromatic carbocycles. The molecule has 16 heavy (non-hydrogen) atoms. The number of rotatable bonds is 2. The minimum Gasteiger partial charge on any atom is -0.477 e. The van der Waals surface area contributed by atoms with Crippen LogP contribution in [0.3, 0.4) is 0 Å². The van der Waals surface area contributed by atoms with Gasteiger partial charge in [-0.05, 0) is 6.92 Å². The summed E-state index contributed by atoms with van der Waals surface area (Å²) in [6, 6.07) is 0. The molecular weight excluding hydrogens is 208 g/mol. The summed E-state index contributed by atoms with van der Waals surface area (Å²) >= 11 is 0. The van der Waals surface area contributed by atoms with E-state index in [1.54, 1.807) is 11.6 Å². The summed E-state index contributed by atoms with van der Waals surface area (Å²) in [6.45, 7) is 7.57. The van der Waals surface area contributed by atoms with Crippen molar-refractivity contribution in [2.75, 3.05) is 13.2 Å². The number of fused-ring (bicyclic) bond motifs is 1. The second kappa shape index (κ2) is 6.15. The molecule has 0 fully saturated rings. The molecule has 0 unspecified atom stereocenters. The van der Waals surface area contributed by atoms with E-state index in [-0.39, 0.29) is 5.97 Å². The van der Waals surface area contributed by atoms with Crippen molar-refractivity contribution in [3.05, 3.63) is 11.8 Å². The highest BCUT2D eigenvalue weighted by molar-refractivity contribution is 5.91. The van der Waals surface area contributed by atoms with Crippen molar-refractivity contribution in [2.45, 2.75) is 33.7 Å². The van der Waals surface area contributed by atoms with Crippen LogP contribution in [0.4, 0.5) is 0 Å². The number of hydrogen-bond acceptors (Lipinski definition) is 4. The van der Waals surface area contributed by atoms with Crippen LogP contribution in [0.15, 0.2) is 6.20 Å². The maximum Gasteiger partial charge on any atom is 0.345 e. The van der Waals surface area contributed by atoms with Gasteiger partial charge in [-0.2, -0.15) is 5.10 Å². The molecule has 0 amide bonds. The fourth-order valence-electron chi connectivity index (χ4n) is 1.42. The molecule has 1 aromatic heterocycles. The lowest BCUT2D eigenvalue weighted by Crippen LogP contribution is -2.16. The highest BCUT2D eigenvalue weighted by atomic mass is 16.5. The first-order chi connectivity index (χ1) is 7.83. The lowest BCUT2D eigenvalue weighted by Gasteiger charge is -2.15. The van der Waals surface area contributed by atoms with Gasteiger partial charge in [0, 0.05) is 13.0 Å². The van der Waals surface area contributed by atoms with E-state index in [1.807, 2.05) is 13.8 Å². The molecule has 0 bridgehead atoms. The summed E-state index contributed by atoms with van der Waals surface area (Å²) in [4.78, 5) is 11.4. The molecule has 0 atom stereocenters. The van der Waals surface area contributed by atoms with E-state index in [0.717, 1.165) is 13.0 Å². The molecule has 0 N–H and O–H groups in total.